The first-order valence-electron chi connectivity index (χ1n) is 3.91. The van der Waals surface area contributed by atoms with E-state index in [0.29, 0.717) is 0 Å². The van der Waals surface area contributed by atoms with Crippen LogP contribution in [0.3, 0.4) is 0 Å². The molecule has 0 aliphatic heterocycles. The average molecular weight is 269 g/mol. The van der Waals surface area contributed by atoms with E-state index < -0.39 is 18.1 Å². The second-order valence-corrected chi connectivity index (χ2v) is 7.04. The van der Waals surface area contributed by atoms with Crippen LogP contribution >= 0.6 is 23.7 Å². The summed E-state index contributed by atoms with van der Waals surface area (Å²) in [5.41, 5.74) is 0. The van der Waals surface area contributed by atoms with E-state index in [1.807, 2.05) is 27.7 Å². The predicted molar refractivity (Wildman–Crippen MR) is 46.3 cm³/mol. The first-order chi connectivity index (χ1) is 5.95. The van der Waals surface area contributed by atoms with Crippen molar-refractivity contribution in [2.24, 2.45) is 0 Å². The summed E-state index contributed by atoms with van der Waals surface area (Å²) >= 11 is 6.61. The SMILES string of the molecule is CC(C)[O][Ti]([O]Cl)([O]Cl)[O]C(C)C. The Morgan fingerprint density at radius 1 is 0.846 bits per heavy atom. The topological polar surface area (TPSA) is 36.9 Å². The van der Waals surface area contributed by atoms with Crippen molar-refractivity contribution in [3.8, 4) is 0 Å². The Hall–Kier alpha value is 1.13. The molecule has 0 saturated carbocycles. The van der Waals surface area contributed by atoms with Gasteiger partial charge in [0.1, 0.15) is 0 Å². The molecular weight excluding hydrogens is 255 g/mol. The third kappa shape index (κ3) is 5.55. The van der Waals surface area contributed by atoms with E-state index in [1.165, 1.54) is 0 Å². The number of hydrogen-bond donors (Lipinski definition) is 0. The monoisotopic (exact) mass is 268 g/mol. The van der Waals surface area contributed by atoms with Crippen LogP contribution in [0.4, 0.5) is 0 Å². The van der Waals surface area contributed by atoms with Gasteiger partial charge in [-0.25, -0.2) is 0 Å². The van der Waals surface area contributed by atoms with Crippen LogP contribution in [0.1, 0.15) is 27.7 Å². The summed E-state index contributed by atoms with van der Waals surface area (Å²) in [5, 5.41) is 0. The molecule has 4 nitrogen and oxygen atoms in total. The van der Waals surface area contributed by atoms with Crippen molar-refractivity contribution in [3.05, 3.63) is 0 Å². The summed E-state index contributed by atoms with van der Waals surface area (Å²) in [7, 11) is 0. The van der Waals surface area contributed by atoms with E-state index >= 15 is 0 Å². The predicted octanol–water partition coefficient (Wildman–Crippen LogP) is 2.99. The Labute approximate surface area is 94.0 Å². The second kappa shape index (κ2) is 6.59. The van der Waals surface area contributed by atoms with E-state index in [2.05, 4.69) is 5.74 Å². The summed E-state index contributed by atoms with van der Waals surface area (Å²) < 4.78 is 19.7. The first-order valence-corrected chi connectivity index (χ1v) is 7.07. The minimum atomic E-state index is -3.86. The van der Waals surface area contributed by atoms with Crippen LogP contribution in [0.25, 0.3) is 0 Å². The van der Waals surface area contributed by atoms with Gasteiger partial charge in [-0.05, 0) is 0 Å². The molecule has 0 heterocycles. The van der Waals surface area contributed by atoms with Gasteiger partial charge in [-0.3, -0.25) is 0 Å². The molecule has 7 heteroatoms. The molecule has 0 atom stereocenters. The Morgan fingerprint density at radius 3 is 1.31 bits per heavy atom. The summed E-state index contributed by atoms with van der Waals surface area (Å²) in [6.45, 7) is 7.26. The summed E-state index contributed by atoms with van der Waals surface area (Å²) in [4.78, 5) is 0. The van der Waals surface area contributed by atoms with Gasteiger partial charge in [0.2, 0.25) is 0 Å². The third-order valence-corrected chi connectivity index (χ3v) is 5.47. The Kier molecular flexibility index (Phi) is 7.16. The Bertz CT molecular complexity index is 129. The van der Waals surface area contributed by atoms with Crippen molar-refractivity contribution in [1.82, 2.24) is 0 Å². The Balaban J connectivity index is 4.30. The summed E-state index contributed by atoms with van der Waals surface area (Å²) in [5.74, 6) is 0. The van der Waals surface area contributed by atoms with Gasteiger partial charge in [-0.1, -0.05) is 0 Å². The molecule has 0 aliphatic rings. The van der Waals surface area contributed by atoms with E-state index in [4.69, 9.17) is 30.4 Å². The molecule has 0 unspecified atom stereocenters. The molecule has 0 N–H and O–H groups in total. The maximum atomic E-state index is 5.30. The minimum absolute atomic E-state index is 0.115. The maximum absolute atomic E-state index is 5.30. The summed E-state index contributed by atoms with van der Waals surface area (Å²) in [6.07, 6.45) is -0.229. The van der Waals surface area contributed by atoms with Gasteiger partial charge < -0.3 is 0 Å². The summed E-state index contributed by atoms with van der Waals surface area (Å²) in [6, 6.07) is 0. The zero-order valence-electron chi connectivity index (χ0n) is 8.04. The van der Waals surface area contributed by atoms with Gasteiger partial charge in [0.05, 0.1) is 0 Å². The van der Waals surface area contributed by atoms with Crippen LogP contribution in [-0.2, 0) is 30.5 Å². The number of halogens is 2. The van der Waals surface area contributed by atoms with Crippen LogP contribution in [0, 0.1) is 0 Å². The molecule has 0 spiro atoms. The molecule has 0 rings (SSSR count). The average Bonchev–Trinajstić information content (AvgIpc) is 2.01. The van der Waals surface area contributed by atoms with Crippen LogP contribution in [0.2, 0.25) is 0 Å². The van der Waals surface area contributed by atoms with Crippen LogP contribution in [0.5, 0.6) is 0 Å². The zero-order chi connectivity index (χ0) is 10.5. The number of hydrogen-bond acceptors (Lipinski definition) is 4. The van der Waals surface area contributed by atoms with Crippen molar-refractivity contribution < 1.29 is 30.5 Å². The molecule has 80 valence electrons. The van der Waals surface area contributed by atoms with E-state index in [0.717, 1.165) is 0 Å². The fraction of sp³-hybridized carbons (Fsp3) is 1.00. The van der Waals surface area contributed by atoms with Crippen molar-refractivity contribution in [2.45, 2.75) is 39.9 Å². The molecule has 0 aromatic carbocycles. The molecule has 0 amide bonds. The standard InChI is InChI=1S/2C3H7O.2ClO.Ti/c2*1-3(2)4;2*1-2;/h2*3H,1-2H3;;;/q4*-1;+4. The van der Waals surface area contributed by atoms with Crippen molar-refractivity contribution in [1.29, 1.82) is 0 Å². The molecule has 0 aliphatic carbocycles. The van der Waals surface area contributed by atoms with Gasteiger partial charge in [-0.2, -0.15) is 0 Å². The van der Waals surface area contributed by atoms with E-state index in [1.54, 1.807) is 0 Å². The second-order valence-electron chi connectivity index (χ2n) is 2.99. The van der Waals surface area contributed by atoms with Gasteiger partial charge in [0.15, 0.2) is 0 Å². The van der Waals surface area contributed by atoms with Crippen molar-refractivity contribution in [3.63, 3.8) is 0 Å². The third-order valence-electron chi connectivity index (χ3n) is 0.949. The van der Waals surface area contributed by atoms with Crippen LogP contribution < -0.4 is 0 Å². The molecule has 13 heavy (non-hydrogen) atoms. The molecule has 0 radical (unpaired) electrons. The quantitative estimate of drug-likeness (QED) is 0.694. The molecule has 0 saturated heterocycles. The Morgan fingerprint density at radius 2 is 1.15 bits per heavy atom. The van der Waals surface area contributed by atoms with Crippen molar-refractivity contribution in [2.75, 3.05) is 0 Å². The fourth-order valence-electron chi connectivity index (χ4n) is 0.690. The zero-order valence-corrected chi connectivity index (χ0v) is 11.1. The van der Waals surface area contributed by atoms with Gasteiger partial charge in [0, 0.05) is 0 Å². The molecule has 0 fully saturated rings. The molecular formula is C6H14Cl2O4Ti. The molecule has 0 aromatic heterocycles. The normalized spacial score (nSPS) is 12.9. The van der Waals surface area contributed by atoms with Crippen LogP contribution in [0.15, 0.2) is 0 Å². The van der Waals surface area contributed by atoms with Crippen molar-refractivity contribution >= 4 is 23.7 Å². The van der Waals surface area contributed by atoms with E-state index in [-0.39, 0.29) is 12.2 Å². The molecule has 0 aromatic rings. The van der Waals surface area contributed by atoms with Gasteiger partial charge >= 0.3 is 94.2 Å². The van der Waals surface area contributed by atoms with Gasteiger partial charge in [-0.15, -0.1) is 0 Å². The van der Waals surface area contributed by atoms with Crippen LogP contribution in [-0.4, -0.2) is 12.2 Å². The molecule has 0 bridgehead atoms. The number of rotatable bonds is 6. The fourth-order valence-corrected chi connectivity index (χ4v) is 3.84. The first kappa shape index (κ1) is 14.1. The van der Waals surface area contributed by atoms with Gasteiger partial charge in [0.25, 0.3) is 0 Å². The van der Waals surface area contributed by atoms with E-state index in [9.17, 15) is 0 Å².